The molecule has 0 aliphatic carbocycles. The second-order valence-corrected chi connectivity index (χ2v) is 6.86. The fourth-order valence-electron chi connectivity index (χ4n) is 3.46. The summed E-state index contributed by atoms with van der Waals surface area (Å²) in [6.07, 6.45) is -0.401. The van der Waals surface area contributed by atoms with Gasteiger partial charge in [0.25, 0.3) is 0 Å². The third-order valence-corrected chi connectivity index (χ3v) is 4.69. The van der Waals surface area contributed by atoms with E-state index in [0.29, 0.717) is 24.5 Å². The largest absolute Gasteiger partial charge is 0.478 e. The van der Waals surface area contributed by atoms with E-state index in [9.17, 15) is 19.1 Å². The topological polar surface area (TPSA) is 76.1 Å². The normalized spacial score (nSPS) is 17.4. The number of rotatable bonds is 7. The van der Waals surface area contributed by atoms with E-state index in [0.717, 1.165) is 0 Å². The zero-order valence-electron chi connectivity index (χ0n) is 16.8. The summed E-state index contributed by atoms with van der Waals surface area (Å²) in [6.45, 7) is 7.46. The molecule has 0 spiro atoms. The van der Waals surface area contributed by atoms with Crippen LogP contribution in [0, 0.1) is 5.82 Å². The zero-order chi connectivity index (χ0) is 21.0. The van der Waals surface area contributed by atoms with E-state index < -0.39 is 29.8 Å². The predicted molar refractivity (Wildman–Crippen MR) is 102 cm³/mol. The van der Waals surface area contributed by atoms with Crippen LogP contribution in [0.2, 0.25) is 0 Å². The number of esters is 1. The molecule has 1 unspecified atom stereocenters. The number of benzene rings is 1. The third kappa shape index (κ3) is 4.25. The number of nitrogens with zero attached hydrogens (tertiary/aromatic N) is 1. The maximum Gasteiger partial charge on any atom is 0.337 e. The zero-order valence-corrected chi connectivity index (χ0v) is 16.8. The highest BCUT2D eigenvalue weighted by Crippen LogP contribution is 2.43. The van der Waals surface area contributed by atoms with Gasteiger partial charge in [-0.1, -0.05) is 18.2 Å². The first-order chi connectivity index (χ1) is 13.2. The molecule has 1 N–H and O–H groups in total. The first-order valence-electron chi connectivity index (χ1n) is 9.07. The molecule has 1 aliphatic heterocycles. The van der Waals surface area contributed by atoms with Gasteiger partial charge in [-0.2, -0.15) is 0 Å². The fourth-order valence-corrected chi connectivity index (χ4v) is 3.46. The van der Waals surface area contributed by atoms with E-state index >= 15 is 0 Å². The Labute approximate surface area is 164 Å². The average Bonchev–Trinajstić information content (AvgIpc) is 2.60. The molecule has 0 fully saturated rings. The third-order valence-electron chi connectivity index (χ3n) is 4.69. The maximum absolute atomic E-state index is 14.6. The summed E-state index contributed by atoms with van der Waals surface area (Å²) in [5, 5.41) is 9.93. The molecular weight excluding hydrogens is 365 g/mol. The highest BCUT2D eigenvalue weighted by atomic mass is 19.1. The standard InChI is InChI=1S/C21H26FNO5/c1-12(2)28-21(26)18-14(4)23(10-11-27-5)13(3)17(20(24)25)19(18)15-8-6-7-9-16(15)22/h6-9,12,19H,10-11H2,1-5H3,(H,24,25). The van der Waals surface area contributed by atoms with Gasteiger partial charge >= 0.3 is 11.9 Å². The molecule has 152 valence electrons. The van der Waals surface area contributed by atoms with Crippen LogP contribution in [0.5, 0.6) is 0 Å². The summed E-state index contributed by atoms with van der Waals surface area (Å²) in [7, 11) is 1.54. The number of carbonyl (C=O) groups excluding carboxylic acids is 1. The lowest BCUT2D eigenvalue weighted by atomic mass is 9.79. The van der Waals surface area contributed by atoms with Crippen LogP contribution in [-0.4, -0.2) is 48.3 Å². The Bertz CT molecular complexity index is 828. The van der Waals surface area contributed by atoms with Crippen LogP contribution in [0.4, 0.5) is 4.39 Å². The van der Waals surface area contributed by atoms with Crippen molar-refractivity contribution in [3.63, 3.8) is 0 Å². The van der Waals surface area contributed by atoms with Gasteiger partial charge in [0.15, 0.2) is 0 Å². The quantitative estimate of drug-likeness (QED) is 0.718. The SMILES string of the molecule is COCCN1C(C)=C(C(=O)O)C(c2ccccc2F)C(C(=O)OC(C)C)=C1C. The van der Waals surface area contributed by atoms with Crippen molar-refractivity contribution < 1.29 is 28.6 Å². The van der Waals surface area contributed by atoms with Gasteiger partial charge in [-0.15, -0.1) is 0 Å². The van der Waals surface area contributed by atoms with Crippen molar-refractivity contribution in [2.75, 3.05) is 20.3 Å². The molecule has 0 bridgehead atoms. The van der Waals surface area contributed by atoms with E-state index in [1.54, 1.807) is 38.7 Å². The molecule has 7 heteroatoms. The fraction of sp³-hybridized carbons (Fsp3) is 0.429. The summed E-state index contributed by atoms with van der Waals surface area (Å²) in [6, 6.07) is 5.89. The Kier molecular flexibility index (Phi) is 6.96. The van der Waals surface area contributed by atoms with Gasteiger partial charge in [-0.3, -0.25) is 0 Å². The maximum atomic E-state index is 14.6. The molecule has 28 heavy (non-hydrogen) atoms. The van der Waals surface area contributed by atoms with Gasteiger partial charge in [0.2, 0.25) is 0 Å². The second-order valence-electron chi connectivity index (χ2n) is 6.86. The molecule has 0 amide bonds. The van der Waals surface area contributed by atoms with Crippen molar-refractivity contribution in [2.24, 2.45) is 0 Å². The lowest BCUT2D eigenvalue weighted by molar-refractivity contribution is -0.143. The lowest BCUT2D eigenvalue weighted by Crippen LogP contribution is -2.37. The Morgan fingerprint density at radius 2 is 1.79 bits per heavy atom. The van der Waals surface area contributed by atoms with Gasteiger partial charge in [0.1, 0.15) is 5.82 Å². The van der Waals surface area contributed by atoms with Crippen molar-refractivity contribution in [1.29, 1.82) is 0 Å². The van der Waals surface area contributed by atoms with Crippen molar-refractivity contribution in [3.8, 4) is 0 Å². The highest BCUT2D eigenvalue weighted by molar-refractivity contribution is 5.99. The minimum atomic E-state index is -1.21. The molecule has 0 aromatic heterocycles. The van der Waals surface area contributed by atoms with Crippen LogP contribution in [0.3, 0.4) is 0 Å². The number of halogens is 1. The first kappa shape index (κ1) is 21.6. The van der Waals surface area contributed by atoms with Crippen molar-refractivity contribution in [2.45, 2.75) is 39.7 Å². The van der Waals surface area contributed by atoms with Crippen LogP contribution in [-0.2, 0) is 19.1 Å². The predicted octanol–water partition coefficient (Wildman–Crippen LogP) is 3.46. The van der Waals surface area contributed by atoms with Gasteiger partial charge in [0.05, 0.1) is 29.8 Å². The highest BCUT2D eigenvalue weighted by Gasteiger charge is 2.41. The number of ether oxygens (including phenoxy) is 2. The number of hydrogen-bond acceptors (Lipinski definition) is 5. The summed E-state index contributed by atoms with van der Waals surface area (Å²) >= 11 is 0. The number of hydrogen-bond donors (Lipinski definition) is 1. The molecular formula is C21H26FNO5. The van der Waals surface area contributed by atoms with E-state index in [-0.39, 0.29) is 16.7 Å². The van der Waals surface area contributed by atoms with Crippen LogP contribution in [0.1, 0.15) is 39.2 Å². The van der Waals surface area contributed by atoms with E-state index in [1.165, 1.54) is 25.3 Å². The van der Waals surface area contributed by atoms with Crippen LogP contribution >= 0.6 is 0 Å². The van der Waals surface area contributed by atoms with Crippen molar-refractivity contribution >= 4 is 11.9 Å². The molecule has 0 radical (unpaired) electrons. The first-order valence-corrected chi connectivity index (χ1v) is 9.07. The van der Waals surface area contributed by atoms with Crippen LogP contribution in [0.25, 0.3) is 0 Å². The number of carbonyl (C=O) groups is 2. The summed E-state index contributed by atoms with van der Waals surface area (Å²) in [5.74, 6) is -3.51. The monoisotopic (exact) mass is 391 g/mol. The molecule has 6 nitrogen and oxygen atoms in total. The molecule has 1 heterocycles. The van der Waals surface area contributed by atoms with Crippen molar-refractivity contribution in [1.82, 2.24) is 4.90 Å². The molecule has 0 saturated heterocycles. The lowest BCUT2D eigenvalue weighted by Gasteiger charge is -2.37. The number of carboxylic acid groups (broad SMARTS) is 1. The molecule has 1 aliphatic rings. The molecule has 2 rings (SSSR count). The number of allylic oxidation sites excluding steroid dienone is 2. The summed E-state index contributed by atoms with van der Waals surface area (Å²) in [5.41, 5.74) is 1.16. The van der Waals surface area contributed by atoms with E-state index in [1.807, 2.05) is 0 Å². The number of carboxylic acids is 1. The van der Waals surface area contributed by atoms with Gasteiger partial charge in [-0.05, 0) is 33.8 Å². The van der Waals surface area contributed by atoms with Gasteiger partial charge in [0, 0.05) is 30.6 Å². The van der Waals surface area contributed by atoms with Gasteiger partial charge in [-0.25, -0.2) is 14.0 Å². The average molecular weight is 391 g/mol. The molecule has 1 atom stereocenters. The van der Waals surface area contributed by atoms with Gasteiger partial charge < -0.3 is 19.5 Å². The Balaban J connectivity index is 2.74. The molecule has 1 aromatic carbocycles. The number of methoxy groups -OCH3 is 1. The molecule has 0 saturated carbocycles. The Morgan fingerprint density at radius 1 is 1.18 bits per heavy atom. The summed E-state index contributed by atoms with van der Waals surface area (Å²) in [4.78, 5) is 26.8. The van der Waals surface area contributed by atoms with Crippen molar-refractivity contribution in [3.05, 3.63) is 58.2 Å². The minimum Gasteiger partial charge on any atom is -0.478 e. The van der Waals surface area contributed by atoms with E-state index in [4.69, 9.17) is 9.47 Å². The van der Waals surface area contributed by atoms with Crippen LogP contribution in [0.15, 0.2) is 46.8 Å². The molecule has 1 aromatic rings. The minimum absolute atomic E-state index is 0.0532. The Hall–Kier alpha value is -2.67. The summed E-state index contributed by atoms with van der Waals surface area (Å²) < 4.78 is 25.1. The van der Waals surface area contributed by atoms with Crippen LogP contribution < -0.4 is 0 Å². The second kappa shape index (κ2) is 9.01. The smallest absolute Gasteiger partial charge is 0.337 e. The number of aliphatic carboxylic acids is 1. The van der Waals surface area contributed by atoms with E-state index in [2.05, 4.69) is 0 Å². The Morgan fingerprint density at radius 3 is 2.32 bits per heavy atom.